The molecule has 0 spiro atoms. The van der Waals surface area contributed by atoms with E-state index >= 15 is 0 Å². The third kappa shape index (κ3) is 1.37. The van der Waals surface area contributed by atoms with Crippen molar-refractivity contribution in [3.8, 4) is 11.6 Å². The summed E-state index contributed by atoms with van der Waals surface area (Å²) in [7, 11) is 0. The van der Waals surface area contributed by atoms with Crippen molar-refractivity contribution in [1.82, 2.24) is 24.1 Å². The van der Waals surface area contributed by atoms with Crippen LogP contribution in [0.15, 0.2) is 35.1 Å². The van der Waals surface area contributed by atoms with Crippen LogP contribution in [0.1, 0.15) is 6.92 Å². The van der Waals surface area contributed by atoms with Gasteiger partial charge in [0.15, 0.2) is 11.4 Å². The zero-order valence-electron chi connectivity index (χ0n) is 10.8. The third-order valence-electron chi connectivity index (χ3n) is 3.30. The van der Waals surface area contributed by atoms with E-state index in [1.807, 2.05) is 22.9 Å². The molecule has 4 heterocycles. The van der Waals surface area contributed by atoms with E-state index in [0.717, 1.165) is 17.6 Å². The molecule has 0 amide bonds. The van der Waals surface area contributed by atoms with Gasteiger partial charge < -0.3 is 14.7 Å². The Bertz CT molecular complexity index is 902. The highest BCUT2D eigenvalue weighted by atomic mass is 16.3. The summed E-state index contributed by atoms with van der Waals surface area (Å²) in [6.07, 6.45) is 3.56. The number of hydrogen-bond donors (Lipinski definition) is 1. The quantitative estimate of drug-likeness (QED) is 0.600. The molecule has 0 unspecified atom stereocenters. The fraction of sp³-hybridized carbons (Fsp3) is 0.154. The molecule has 4 rings (SSSR count). The van der Waals surface area contributed by atoms with Crippen LogP contribution in [0.4, 0.5) is 5.95 Å². The second kappa shape index (κ2) is 3.83. The van der Waals surface area contributed by atoms with Crippen LogP contribution >= 0.6 is 0 Å². The van der Waals surface area contributed by atoms with Gasteiger partial charge in [0, 0.05) is 12.7 Å². The summed E-state index contributed by atoms with van der Waals surface area (Å²) in [5, 5.41) is 5.28. The zero-order chi connectivity index (χ0) is 13.7. The number of rotatable bonds is 2. The average Bonchev–Trinajstić information content (AvgIpc) is 3.16. The van der Waals surface area contributed by atoms with Gasteiger partial charge in [-0.25, -0.2) is 4.98 Å². The Morgan fingerprint density at radius 2 is 2.15 bits per heavy atom. The summed E-state index contributed by atoms with van der Waals surface area (Å²) in [4.78, 5) is 8.92. The fourth-order valence-corrected chi connectivity index (χ4v) is 2.33. The van der Waals surface area contributed by atoms with Crippen LogP contribution in [0.25, 0.3) is 28.3 Å². The molecule has 0 atom stereocenters. The molecule has 0 saturated heterocycles. The molecule has 0 bridgehead atoms. The zero-order valence-corrected chi connectivity index (χ0v) is 10.8. The highest BCUT2D eigenvalue weighted by Gasteiger charge is 2.16. The average molecular weight is 268 g/mol. The maximum Gasteiger partial charge on any atom is 0.225 e. The van der Waals surface area contributed by atoms with E-state index in [2.05, 4.69) is 22.0 Å². The monoisotopic (exact) mass is 268 g/mol. The standard InChI is InChI=1S/C13H12N6O/c1-2-18-6-5-8-11(18)16-13(14)19-12(8)15-10(17-19)9-4-3-7-20-9/h3-7H,2H2,1H3,(H2,14,16). The van der Waals surface area contributed by atoms with Crippen LogP contribution in [-0.4, -0.2) is 24.1 Å². The van der Waals surface area contributed by atoms with Crippen molar-refractivity contribution in [2.45, 2.75) is 13.5 Å². The second-order valence-electron chi connectivity index (χ2n) is 4.46. The number of aryl methyl sites for hydroxylation is 1. The number of nitrogen functional groups attached to an aromatic ring is 1. The molecular formula is C13H12N6O. The summed E-state index contributed by atoms with van der Waals surface area (Å²) in [6.45, 7) is 2.88. The highest BCUT2D eigenvalue weighted by Crippen LogP contribution is 2.24. The van der Waals surface area contributed by atoms with Gasteiger partial charge in [-0.2, -0.15) is 9.50 Å². The number of hydrogen-bond acceptors (Lipinski definition) is 5. The molecule has 100 valence electrons. The van der Waals surface area contributed by atoms with Gasteiger partial charge in [0.05, 0.1) is 11.6 Å². The summed E-state index contributed by atoms with van der Waals surface area (Å²) < 4.78 is 8.89. The smallest absolute Gasteiger partial charge is 0.225 e. The van der Waals surface area contributed by atoms with Crippen LogP contribution in [0.5, 0.6) is 0 Å². The Labute approximate surface area is 113 Å². The predicted octanol–water partition coefficient (Wildman–Crippen LogP) is 1.94. The minimum Gasteiger partial charge on any atom is -0.461 e. The molecule has 0 aliphatic heterocycles. The maximum absolute atomic E-state index is 5.98. The molecule has 20 heavy (non-hydrogen) atoms. The van der Waals surface area contributed by atoms with Crippen LogP contribution in [0.2, 0.25) is 0 Å². The predicted molar refractivity (Wildman–Crippen MR) is 74.1 cm³/mol. The summed E-state index contributed by atoms with van der Waals surface area (Å²) in [5.41, 5.74) is 7.48. The molecule has 7 nitrogen and oxygen atoms in total. The van der Waals surface area contributed by atoms with Crippen molar-refractivity contribution in [3.63, 3.8) is 0 Å². The molecule has 0 saturated carbocycles. The van der Waals surface area contributed by atoms with Crippen molar-refractivity contribution in [2.24, 2.45) is 0 Å². The van der Waals surface area contributed by atoms with Crippen molar-refractivity contribution in [2.75, 3.05) is 5.73 Å². The SMILES string of the molecule is CCn1ccc2c1nc(N)n1nc(-c3ccco3)nc21. The fourth-order valence-electron chi connectivity index (χ4n) is 2.33. The Kier molecular flexibility index (Phi) is 2.11. The summed E-state index contributed by atoms with van der Waals surface area (Å²) in [5.74, 6) is 1.42. The summed E-state index contributed by atoms with van der Waals surface area (Å²) >= 11 is 0. The molecule has 0 radical (unpaired) electrons. The second-order valence-corrected chi connectivity index (χ2v) is 4.46. The molecule has 4 aromatic rings. The van der Waals surface area contributed by atoms with Gasteiger partial charge in [-0.05, 0) is 25.1 Å². The lowest BCUT2D eigenvalue weighted by atomic mass is 10.4. The molecule has 0 aliphatic rings. The van der Waals surface area contributed by atoms with Gasteiger partial charge >= 0.3 is 0 Å². The van der Waals surface area contributed by atoms with Crippen LogP contribution in [0, 0.1) is 0 Å². The van der Waals surface area contributed by atoms with Gasteiger partial charge in [0.25, 0.3) is 0 Å². The van der Waals surface area contributed by atoms with Gasteiger partial charge in [-0.3, -0.25) is 0 Å². The molecule has 0 fully saturated rings. The number of aromatic nitrogens is 5. The van der Waals surface area contributed by atoms with E-state index in [-0.39, 0.29) is 0 Å². The number of fused-ring (bicyclic) bond motifs is 3. The minimum atomic E-state index is 0.311. The number of furan rings is 1. The van der Waals surface area contributed by atoms with Crippen molar-refractivity contribution in [1.29, 1.82) is 0 Å². The Balaban J connectivity index is 2.08. The molecule has 2 N–H and O–H groups in total. The van der Waals surface area contributed by atoms with Crippen LogP contribution in [-0.2, 0) is 6.54 Å². The van der Waals surface area contributed by atoms with E-state index < -0.39 is 0 Å². The highest BCUT2D eigenvalue weighted by molar-refractivity contribution is 5.91. The third-order valence-corrected chi connectivity index (χ3v) is 3.30. The van der Waals surface area contributed by atoms with Gasteiger partial charge in [-0.1, -0.05) is 0 Å². The van der Waals surface area contributed by atoms with Crippen LogP contribution < -0.4 is 5.73 Å². The number of anilines is 1. The van der Waals surface area contributed by atoms with E-state index in [1.165, 1.54) is 0 Å². The van der Waals surface area contributed by atoms with E-state index in [9.17, 15) is 0 Å². The van der Waals surface area contributed by atoms with Crippen molar-refractivity contribution in [3.05, 3.63) is 30.7 Å². The number of nitrogens with two attached hydrogens (primary N) is 1. The first-order chi connectivity index (χ1) is 9.78. The van der Waals surface area contributed by atoms with E-state index in [4.69, 9.17) is 10.2 Å². The van der Waals surface area contributed by atoms with Crippen molar-refractivity contribution >= 4 is 22.6 Å². The lowest BCUT2D eigenvalue weighted by Crippen LogP contribution is -2.04. The van der Waals surface area contributed by atoms with E-state index in [0.29, 0.717) is 23.2 Å². The Morgan fingerprint density at radius 3 is 2.90 bits per heavy atom. The summed E-state index contributed by atoms with van der Waals surface area (Å²) in [6, 6.07) is 5.58. The Morgan fingerprint density at radius 1 is 1.25 bits per heavy atom. The number of nitrogens with zero attached hydrogens (tertiary/aromatic N) is 5. The molecule has 4 aromatic heterocycles. The maximum atomic E-state index is 5.98. The van der Waals surface area contributed by atoms with Gasteiger partial charge in [0.2, 0.25) is 11.8 Å². The first kappa shape index (κ1) is 11.0. The van der Waals surface area contributed by atoms with Crippen LogP contribution in [0.3, 0.4) is 0 Å². The Hall–Kier alpha value is -2.83. The minimum absolute atomic E-state index is 0.311. The molecule has 0 aromatic carbocycles. The molecular weight excluding hydrogens is 256 g/mol. The lowest BCUT2D eigenvalue weighted by molar-refractivity contribution is 0.577. The lowest BCUT2D eigenvalue weighted by Gasteiger charge is -2.02. The van der Waals surface area contributed by atoms with Gasteiger partial charge in [-0.15, -0.1) is 5.10 Å². The first-order valence-corrected chi connectivity index (χ1v) is 6.33. The van der Waals surface area contributed by atoms with E-state index in [1.54, 1.807) is 16.8 Å². The largest absolute Gasteiger partial charge is 0.461 e. The van der Waals surface area contributed by atoms with Crippen molar-refractivity contribution < 1.29 is 4.42 Å². The first-order valence-electron chi connectivity index (χ1n) is 6.33. The normalized spacial score (nSPS) is 11.7. The molecule has 0 aliphatic carbocycles. The topological polar surface area (TPSA) is 87.2 Å². The van der Waals surface area contributed by atoms with Gasteiger partial charge in [0.1, 0.15) is 5.65 Å². The molecule has 7 heteroatoms.